The lowest BCUT2D eigenvalue weighted by molar-refractivity contribution is -0.112. The summed E-state index contributed by atoms with van der Waals surface area (Å²) in [5, 5.41) is 13.0. The molecule has 0 bridgehead atoms. The van der Waals surface area contributed by atoms with Crippen molar-refractivity contribution in [2.24, 2.45) is 0 Å². The molecule has 0 fully saturated rings. The molecule has 3 aromatic carbocycles. The lowest BCUT2D eigenvalue weighted by Crippen LogP contribution is -2.14. The van der Waals surface area contributed by atoms with Gasteiger partial charge in [-0.3, -0.25) is 4.79 Å². The number of carbonyl (C=O) groups excluding carboxylic acids is 1. The molecule has 3 aromatic rings. The Morgan fingerprint density at radius 3 is 2.52 bits per heavy atom. The predicted molar refractivity (Wildman–Crippen MR) is 134 cm³/mol. The molecule has 168 valence electrons. The van der Waals surface area contributed by atoms with Crippen molar-refractivity contribution in [3.05, 3.63) is 92.4 Å². The van der Waals surface area contributed by atoms with Gasteiger partial charge in [0.05, 0.1) is 6.61 Å². The van der Waals surface area contributed by atoms with E-state index in [0.717, 1.165) is 11.1 Å². The molecule has 0 radical (unpaired) electrons. The maximum absolute atomic E-state index is 12.7. The second-order valence-electron chi connectivity index (χ2n) is 7.07. The summed E-state index contributed by atoms with van der Waals surface area (Å²) in [4.78, 5) is 12.7. The van der Waals surface area contributed by atoms with Gasteiger partial charge < -0.3 is 14.8 Å². The molecule has 0 aliphatic rings. The van der Waals surface area contributed by atoms with Crippen molar-refractivity contribution in [2.75, 3.05) is 11.9 Å². The summed E-state index contributed by atoms with van der Waals surface area (Å²) in [5.41, 5.74) is 2.98. The van der Waals surface area contributed by atoms with Gasteiger partial charge in [0, 0.05) is 20.7 Å². The molecule has 5 nitrogen and oxygen atoms in total. The number of amides is 1. The molecule has 0 saturated heterocycles. The standard InChI is InChI=1S/C26H22BrClN2O3/c1-3-32-24-13-19(12-20(15-29)26(31)30-23-11-7-4-8-17(23)2)21(27)14-25(24)33-16-18-9-5-6-10-22(18)28/h4-14H,3,16H2,1-2H3,(H,30,31)/b20-12+. The van der Waals surface area contributed by atoms with Gasteiger partial charge in [0.15, 0.2) is 11.5 Å². The molecule has 1 N–H and O–H groups in total. The molecule has 0 heterocycles. The number of hydrogen-bond acceptors (Lipinski definition) is 4. The molecule has 3 rings (SSSR count). The molecule has 0 aromatic heterocycles. The average molecular weight is 526 g/mol. The highest BCUT2D eigenvalue weighted by molar-refractivity contribution is 9.10. The first-order valence-corrected chi connectivity index (χ1v) is 11.4. The molecular weight excluding hydrogens is 504 g/mol. The number of nitrogens with zero attached hydrogens (tertiary/aromatic N) is 1. The van der Waals surface area contributed by atoms with Gasteiger partial charge in [0.25, 0.3) is 5.91 Å². The lowest BCUT2D eigenvalue weighted by atomic mass is 10.1. The van der Waals surface area contributed by atoms with Crippen LogP contribution in [0.4, 0.5) is 5.69 Å². The van der Waals surface area contributed by atoms with Crippen LogP contribution in [0.5, 0.6) is 11.5 Å². The van der Waals surface area contributed by atoms with E-state index in [1.165, 1.54) is 6.08 Å². The van der Waals surface area contributed by atoms with Crippen molar-refractivity contribution < 1.29 is 14.3 Å². The summed E-state index contributed by atoms with van der Waals surface area (Å²) in [6, 6.07) is 20.3. The summed E-state index contributed by atoms with van der Waals surface area (Å²) >= 11 is 9.73. The van der Waals surface area contributed by atoms with E-state index in [1.54, 1.807) is 24.3 Å². The minimum Gasteiger partial charge on any atom is -0.490 e. The Morgan fingerprint density at radius 1 is 1.12 bits per heavy atom. The zero-order valence-corrected chi connectivity index (χ0v) is 20.5. The molecule has 1 amide bonds. The van der Waals surface area contributed by atoms with Gasteiger partial charge in [-0.05, 0) is 55.3 Å². The van der Waals surface area contributed by atoms with E-state index < -0.39 is 5.91 Å². The molecule has 0 saturated carbocycles. The maximum atomic E-state index is 12.7. The second kappa shape index (κ2) is 11.6. The lowest BCUT2D eigenvalue weighted by Gasteiger charge is -2.15. The molecule has 0 spiro atoms. The number of nitriles is 1. The number of hydrogen-bond donors (Lipinski definition) is 1. The van der Waals surface area contributed by atoms with Crippen molar-refractivity contribution in [3.8, 4) is 17.6 Å². The third kappa shape index (κ3) is 6.38. The number of ether oxygens (including phenoxy) is 2. The highest BCUT2D eigenvalue weighted by Crippen LogP contribution is 2.36. The molecule has 0 unspecified atom stereocenters. The number of nitrogens with one attached hydrogen (secondary N) is 1. The Bertz CT molecular complexity index is 1230. The minimum atomic E-state index is -0.490. The Hall–Kier alpha value is -3.27. The van der Waals surface area contributed by atoms with Gasteiger partial charge in [0.1, 0.15) is 18.2 Å². The average Bonchev–Trinajstić information content (AvgIpc) is 2.80. The number of aryl methyl sites for hydroxylation is 1. The van der Waals surface area contributed by atoms with Crippen molar-refractivity contribution in [2.45, 2.75) is 20.5 Å². The number of benzene rings is 3. The van der Waals surface area contributed by atoms with Crippen LogP contribution in [0, 0.1) is 18.3 Å². The SMILES string of the molecule is CCOc1cc(/C=C(\C#N)C(=O)Nc2ccccc2C)c(Br)cc1OCc1ccccc1Cl. The van der Waals surface area contributed by atoms with Crippen LogP contribution in [0.25, 0.3) is 6.08 Å². The molecule has 33 heavy (non-hydrogen) atoms. The molecule has 0 aliphatic carbocycles. The van der Waals surface area contributed by atoms with E-state index in [0.29, 0.717) is 38.9 Å². The Labute approximate surface area is 206 Å². The van der Waals surface area contributed by atoms with Crippen LogP contribution in [-0.2, 0) is 11.4 Å². The fraction of sp³-hybridized carbons (Fsp3) is 0.154. The molecular formula is C26H22BrClN2O3. The molecule has 7 heteroatoms. The fourth-order valence-corrected chi connectivity index (χ4v) is 3.65. The molecule has 0 aliphatic heterocycles. The third-order valence-corrected chi connectivity index (χ3v) is 5.82. The second-order valence-corrected chi connectivity index (χ2v) is 8.33. The van der Waals surface area contributed by atoms with Gasteiger partial charge in [-0.25, -0.2) is 0 Å². The largest absolute Gasteiger partial charge is 0.490 e. The van der Waals surface area contributed by atoms with E-state index in [2.05, 4.69) is 21.2 Å². The smallest absolute Gasteiger partial charge is 0.266 e. The van der Waals surface area contributed by atoms with Crippen molar-refractivity contribution in [1.82, 2.24) is 0 Å². The number of para-hydroxylation sites is 1. The van der Waals surface area contributed by atoms with E-state index in [1.807, 2.05) is 56.3 Å². The summed E-state index contributed by atoms with van der Waals surface area (Å²) < 4.78 is 12.4. The number of anilines is 1. The first-order chi connectivity index (χ1) is 15.9. The predicted octanol–water partition coefficient (Wildman–Crippen LogP) is 6.93. The van der Waals surface area contributed by atoms with Crippen LogP contribution in [0.1, 0.15) is 23.6 Å². The van der Waals surface area contributed by atoms with Crippen molar-refractivity contribution in [3.63, 3.8) is 0 Å². The van der Waals surface area contributed by atoms with Crippen LogP contribution in [0.3, 0.4) is 0 Å². The highest BCUT2D eigenvalue weighted by atomic mass is 79.9. The topological polar surface area (TPSA) is 71.3 Å². The van der Waals surface area contributed by atoms with Crippen LogP contribution in [-0.4, -0.2) is 12.5 Å². The quantitative estimate of drug-likeness (QED) is 0.256. The Morgan fingerprint density at radius 2 is 1.82 bits per heavy atom. The van der Waals surface area contributed by atoms with Gasteiger partial charge >= 0.3 is 0 Å². The third-order valence-electron chi connectivity index (χ3n) is 4.76. The number of rotatable bonds is 8. The Kier molecular flexibility index (Phi) is 8.53. The van der Waals surface area contributed by atoms with Crippen molar-refractivity contribution in [1.29, 1.82) is 5.26 Å². The van der Waals surface area contributed by atoms with Gasteiger partial charge in [0.2, 0.25) is 0 Å². The van der Waals surface area contributed by atoms with Crippen LogP contribution in [0.2, 0.25) is 5.02 Å². The number of halogens is 2. The van der Waals surface area contributed by atoms with E-state index >= 15 is 0 Å². The monoisotopic (exact) mass is 524 g/mol. The maximum Gasteiger partial charge on any atom is 0.266 e. The van der Waals surface area contributed by atoms with Crippen LogP contribution < -0.4 is 14.8 Å². The summed E-state index contributed by atoms with van der Waals surface area (Å²) in [5.74, 6) is 0.523. The van der Waals surface area contributed by atoms with E-state index in [4.69, 9.17) is 21.1 Å². The zero-order chi connectivity index (χ0) is 23.8. The Balaban J connectivity index is 1.87. The summed E-state index contributed by atoms with van der Waals surface area (Å²) in [7, 11) is 0. The number of carbonyl (C=O) groups is 1. The summed E-state index contributed by atoms with van der Waals surface area (Å²) in [6.45, 7) is 4.44. The van der Waals surface area contributed by atoms with E-state index in [-0.39, 0.29) is 12.2 Å². The van der Waals surface area contributed by atoms with Crippen molar-refractivity contribution >= 4 is 45.2 Å². The highest BCUT2D eigenvalue weighted by Gasteiger charge is 2.15. The van der Waals surface area contributed by atoms with E-state index in [9.17, 15) is 10.1 Å². The zero-order valence-electron chi connectivity index (χ0n) is 18.2. The van der Waals surface area contributed by atoms with Crippen LogP contribution in [0.15, 0.2) is 70.7 Å². The minimum absolute atomic E-state index is 0.0360. The van der Waals surface area contributed by atoms with Gasteiger partial charge in [-0.1, -0.05) is 63.9 Å². The first kappa shape index (κ1) is 24.4. The normalized spacial score (nSPS) is 10.9. The van der Waals surface area contributed by atoms with Gasteiger partial charge in [-0.15, -0.1) is 0 Å². The summed E-state index contributed by atoms with van der Waals surface area (Å²) in [6.07, 6.45) is 1.51. The van der Waals surface area contributed by atoms with Crippen LogP contribution >= 0.6 is 27.5 Å². The van der Waals surface area contributed by atoms with Gasteiger partial charge in [-0.2, -0.15) is 5.26 Å². The fourth-order valence-electron chi connectivity index (χ4n) is 3.02. The molecule has 0 atom stereocenters. The first-order valence-electron chi connectivity index (χ1n) is 10.2.